The molecule has 98 valence electrons. The van der Waals surface area contributed by atoms with Crippen LogP contribution in [0.5, 0.6) is 0 Å². The van der Waals surface area contributed by atoms with E-state index in [0.29, 0.717) is 6.61 Å². The molecule has 0 spiro atoms. The SMILES string of the molecule is CCCCC(OCc1ccccc1)[C@H]1CNC1=O. The van der Waals surface area contributed by atoms with Crippen molar-refractivity contribution in [3.63, 3.8) is 0 Å². The maximum Gasteiger partial charge on any atom is 0.227 e. The third kappa shape index (κ3) is 3.33. The molecule has 1 saturated heterocycles. The minimum atomic E-state index is 0.0558. The van der Waals surface area contributed by atoms with Crippen molar-refractivity contribution in [3.05, 3.63) is 35.9 Å². The number of nitrogens with one attached hydrogen (secondary N) is 1. The van der Waals surface area contributed by atoms with Gasteiger partial charge in [0.2, 0.25) is 5.91 Å². The number of hydrogen-bond acceptors (Lipinski definition) is 2. The summed E-state index contributed by atoms with van der Waals surface area (Å²) in [6.45, 7) is 3.52. The topological polar surface area (TPSA) is 38.3 Å². The Balaban J connectivity index is 1.86. The van der Waals surface area contributed by atoms with E-state index < -0.39 is 0 Å². The number of amides is 1. The van der Waals surface area contributed by atoms with Gasteiger partial charge in [0.15, 0.2) is 0 Å². The van der Waals surface area contributed by atoms with Crippen LogP contribution in [0.15, 0.2) is 30.3 Å². The van der Waals surface area contributed by atoms with E-state index in [1.807, 2.05) is 18.2 Å². The summed E-state index contributed by atoms with van der Waals surface area (Å²) in [6, 6.07) is 10.1. The van der Waals surface area contributed by atoms with Crippen molar-refractivity contribution in [2.24, 2.45) is 5.92 Å². The predicted molar refractivity (Wildman–Crippen MR) is 71.0 cm³/mol. The van der Waals surface area contributed by atoms with Crippen LogP contribution >= 0.6 is 0 Å². The number of carbonyl (C=O) groups is 1. The average molecular weight is 247 g/mol. The lowest BCUT2D eigenvalue weighted by Gasteiger charge is -2.33. The molecule has 1 N–H and O–H groups in total. The van der Waals surface area contributed by atoms with Gasteiger partial charge >= 0.3 is 0 Å². The Hall–Kier alpha value is -1.35. The highest BCUT2D eigenvalue weighted by Crippen LogP contribution is 2.21. The van der Waals surface area contributed by atoms with E-state index in [9.17, 15) is 4.79 Å². The van der Waals surface area contributed by atoms with E-state index in [0.717, 1.165) is 25.8 Å². The van der Waals surface area contributed by atoms with Gasteiger partial charge in [-0.15, -0.1) is 0 Å². The highest BCUT2D eigenvalue weighted by atomic mass is 16.5. The molecule has 1 amide bonds. The second-order valence-corrected chi connectivity index (χ2v) is 4.83. The van der Waals surface area contributed by atoms with Crippen LogP contribution in [0.4, 0.5) is 0 Å². The molecule has 0 saturated carbocycles. The van der Waals surface area contributed by atoms with E-state index in [1.165, 1.54) is 5.56 Å². The molecule has 1 aromatic rings. The Morgan fingerprint density at radius 1 is 1.39 bits per heavy atom. The average Bonchev–Trinajstić information content (AvgIpc) is 2.41. The fraction of sp³-hybridized carbons (Fsp3) is 0.533. The summed E-state index contributed by atoms with van der Waals surface area (Å²) in [4.78, 5) is 11.5. The Labute approximate surface area is 109 Å². The maximum atomic E-state index is 11.5. The van der Waals surface area contributed by atoms with Gasteiger partial charge in [-0.2, -0.15) is 0 Å². The Morgan fingerprint density at radius 3 is 2.72 bits per heavy atom. The standard InChI is InChI=1S/C15H21NO2/c1-2-3-9-14(13-10-16-15(13)17)18-11-12-7-5-4-6-8-12/h4-8,13-14H,2-3,9-11H2,1H3,(H,16,17)/t13-,14?/m1/s1. The quantitative estimate of drug-likeness (QED) is 0.752. The number of unbranched alkanes of at least 4 members (excludes halogenated alkanes) is 1. The predicted octanol–water partition coefficient (Wildman–Crippen LogP) is 2.51. The van der Waals surface area contributed by atoms with Crippen molar-refractivity contribution in [3.8, 4) is 0 Å². The summed E-state index contributed by atoms with van der Waals surface area (Å²) < 4.78 is 5.94. The van der Waals surface area contributed by atoms with E-state index in [2.05, 4.69) is 24.4 Å². The van der Waals surface area contributed by atoms with Gasteiger partial charge in [0.05, 0.1) is 18.6 Å². The molecule has 1 fully saturated rings. The van der Waals surface area contributed by atoms with Gasteiger partial charge in [0, 0.05) is 6.54 Å². The minimum Gasteiger partial charge on any atom is -0.373 e. The summed E-state index contributed by atoms with van der Waals surface area (Å²) in [5, 5.41) is 2.79. The number of carbonyl (C=O) groups excluding carboxylic acids is 1. The van der Waals surface area contributed by atoms with Crippen LogP contribution in [-0.4, -0.2) is 18.6 Å². The lowest BCUT2D eigenvalue weighted by Crippen LogP contribution is -2.54. The van der Waals surface area contributed by atoms with Crippen LogP contribution in [0.3, 0.4) is 0 Å². The fourth-order valence-corrected chi connectivity index (χ4v) is 2.19. The molecule has 18 heavy (non-hydrogen) atoms. The monoisotopic (exact) mass is 247 g/mol. The first-order valence-electron chi connectivity index (χ1n) is 6.74. The molecule has 1 heterocycles. The second-order valence-electron chi connectivity index (χ2n) is 4.83. The zero-order valence-electron chi connectivity index (χ0n) is 10.9. The minimum absolute atomic E-state index is 0.0558. The number of rotatable bonds is 7. The van der Waals surface area contributed by atoms with E-state index in [4.69, 9.17) is 4.74 Å². The van der Waals surface area contributed by atoms with Gasteiger partial charge in [-0.3, -0.25) is 4.79 Å². The van der Waals surface area contributed by atoms with Crippen LogP contribution < -0.4 is 5.32 Å². The van der Waals surface area contributed by atoms with Gasteiger partial charge in [-0.25, -0.2) is 0 Å². The normalized spacial score (nSPS) is 20.1. The molecule has 1 aliphatic heterocycles. The van der Waals surface area contributed by atoms with Gasteiger partial charge in [0.25, 0.3) is 0 Å². The van der Waals surface area contributed by atoms with Crippen LogP contribution in [0.1, 0.15) is 31.7 Å². The largest absolute Gasteiger partial charge is 0.373 e. The third-order valence-electron chi connectivity index (χ3n) is 3.43. The lowest BCUT2D eigenvalue weighted by atomic mass is 9.91. The zero-order valence-corrected chi connectivity index (χ0v) is 10.9. The highest BCUT2D eigenvalue weighted by molar-refractivity contribution is 5.84. The number of β-lactam (4-membered cyclic amide) rings is 1. The summed E-state index contributed by atoms with van der Waals surface area (Å²) in [5.74, 6) is 0.199. The molecule has 0 radical (unpaired) electrons. The molecule has 1 unspecified atom stereocenters. The van der Waals surface area contributed by atoms with Crippen molar-refractivity contribution in [1.82, 2.24) is 5.32 Å². The Kier molecular flexibility index (Phi) is 4.76. The van der Waals surface area contributed by atoms with Crippen LogP contribution in [0.2, 0.25) is 0 Å². The van der Waals surface area contributed by atoms with Gasteiger partial charge in [0.1, 0.15) is 0 Å². The molecular weight excluding hydrogens is 226 g/mol. The number of hydrogen-bond donors (Lipinski definition) is 1. The smallest absolute Gasteiger partial charge is 0.227 e. The Morgan fingerprint density at radius 2 is 2.17 bits per heavy atom. The van der Waals surface area contributed by atoms with Gasteiger partial charge in [-0.1, -0.05) is 50.1 Å². The molecule has 0 aliphatic carbocycles. The maximum absolute atomic E-state index is 11.5. The molecule has 0 bridgehead atoms. The first-order valence-corrected chi connectivity index (χ1v) is 6.74. The molecular formula is C15H21NO2. The van der Waals surface area contributed by atoms with Crippen molar-refractivity contribution in [2.75, 3.05) is 6.54 Å². The van der Waals surface area contributed by atoms with Crippen molar-refractivity contribution in [2.45, 2.75) is 38.9 Å². The molecule has 0 aromatic heterocycles. The highest BCUT2D eigenvalue weighted by Gasteiger charge is 2.35. The summed E-state index contributed by atoms with van der Waals surface area (Å²) in [6.07, 6.45) is 3.29. The van der Waals surface area contributed by atoms with Crippen LogP contribution in [-0.2, 0) is 16.1 Å². The third-order valence-corrected chi connectivity index (χ3v) is 3.43. The number of benzene rings is 1. The van der Waals surface area contributed by atoms with Crippen molar-refractivity contribution < 1.29 is 9.53 Å². The van der Waals surface area contributed by atoms with Crippen LogP contribution in [0, 0.1) is 5.92 Å². The van der Waals surface area contributed by atoms with Crippen LogP contribution in [0.25, 0.3) is 0 Å². The first kappa shape index (κ1) is 13.1. The van der Waals surface area contributed by atoms with E-state index >= 15 is 0 Å². The molecule has 2 rings (SSSR count). The molecule has 1 aromatic carbocycles. The van der Waals surface area contributed by atoms with Crippen molar-refractivity contribution >= 4 is 5.91 Å². The van der Waals surface area contributed by atoms with E-state index in [1.54, 1.807) is 0 Å². The molecule has 3 nitrogen and oxygen atoms in total. The first-order chi connectivity index (χ1) is 8.81. The molecule has 1 aliphatic rings. The molecule has 3 heteroatoms. The Bertz CT molecular complexity index is 377. The molecule has 2 atom stereocenters. The summed E-state index contributed by atoms with van der Waals surface area (Å²) in [7, 11) is 0. The lowest BCUT2D eigenvalue weighted by molar-refractivity contribution is -0.139. The summed E-state index contributed by atoms with van der Waals surface area (Å²) >= 11 is 0. The van der Waals surface area contributed by atoms with Gasteiger partial charge in [-0.05, 0) is 12.0 Å². The fourth-order valence-electron chi connectivity index (χ4n) is 2.19. The van der Waals surface area contributed by atoms with Crippen molar-refractivity contribution in [1.29, 1.82) is 0 Å². The second kappa shape index (κ2) is 6.55. The summed E-state index contributed by atoms with van der Waals surface area (Å²) in [5.41, 5.74) is 1.17. The zero-order chi connectivity index (χ0) is 12.8. The van der Waals surface area contributed by atoms with E-state index in [-0.39, 0.29) is 17.9 Å². The number of ether oxygens (including phenoxy) is 1. The van der Waals surface area contributed by atoms with Gasteiger partial charge < -0.3 is 10.1 Å².